The number of anilines is 2. The Labute approximate surface area is 226 Å². The minimum absolute atomic E-state index is 0.211. The number of nitrogens with zero attached hydrogens (tertiary/aromatic N) is 5. The van der Waals surface area contributed by atoms with Crippen LogP contribution in [0, 0.1) is 13.8 Å². The van der Waals surface area contributed by atoms with E-state index in [1.807, 2.05) is 78.3 Å². The molecule has 3 heterocycles. The second-order valence-corrected chi connectivity index (χ2v) is 9.81. The fourth-order valence-electron chi connectivity index (χ4n) is 5.33. The van der Waals surface area contributed by atoms with Crippen LogP contribution in [-0.2, 0) is 0 Å². The van der Waals surface area contributed by atoms with Crippen molar-refractivity contribution in [2.45, 2.75) is 19.9 Å². The molecule has 7 nitrogen and oxygen atoms in total. The van der Waals surface area contributed by atoms with Gasteiger partial charge in [-0.1, -0.05) is 60.2 Å². The summed E-state index contributed by atoms with van der Waals surface area (Å²) in [6.45, 7) is 4.09. The molecule has 0 saturated carbocycles. The minimum atomic E-state index is -0.289. The third kappa shape index (κ3) is 3.87. The lowest BCUT2D eigenvalue weighted by atomic mass is 9.93. The van der Waals surface area contributed by atoms with Gasteiger partial charge < -0.3 is 15.3 Å². The number of phenolic OH excluding ortho intramolecular Hbond substituents is 1. The van der Waals surface area contributed by atoms with E-state index < -0.39 is 0 Å². The molecule has 7 rings (SSSR count). The highest BCUT2D eigenvalue weighted by molar-refractivity contribution is 6.51. The van der Waals surface area contributed by atoms with Gasteiger partial charge in [-0.15, -0.1) is 0 Å². The molecule has 0 fully saturated rings. The maximum absolute atomic E-state index is 10.5. The Morgan fingerprint density at radius 3 is 2.36 bits per heavy atom. The molecule has 0 bridgehead atoms. The van der Waals surface area contributed by atoms with Crippen molar-refractivity contribution in [3.63, 3.8) is 0 Å². The molecule has 2 aliphatic rings. The van der Waals surface area contributed by atoms with Gasteiger partial charge in [0.2, 0.25) is 0 Å². The van der Waals surface area contributed by atoms with E-state index in [-0.39, 0.29) is 11.8 Å². The number of para-hydroxylation sites is 3. The molecule has 0 radical (unpaired) electrons. The molecule has 0 aliphatic carbocycles. The van der Waals surface area contributed by atoms with Crippen molar-refractivity contribution in [3.8, 4) is 11.4 Å². The molecule has 4 aromatic carbocycles. The molecular formula is C32H26N6O. The molecule has 7 heteroatoms. The number of hydrogen-bond acceptors (Lipinski definition) is 6. The number of benzene rings is 4. The van der Waals surface area contributed by atoms with Crippen molar-refractivity contribution in [1.82, 2.24) is 9.78 Å². The van der Waals surface area contributed by atoms with Crippen molar-refractivity contribution in [2.75, 3.05) is 10.2 Å². The Hall–Kier alpha value is -5.17. The number of nitrogens with one attached hydrogen (secondary N) is 1. The summed E-state index contributed by atoms with van der Waals surface area (Å²) in [6, 6.07) is 33.5. The lowest BCUT2D eigenvalue weighted by Crippen LogP contribution is -2.46. The van der Waals surface area contributed by atoms with Crippen molar-refractivity contribution in [3.05, 3.63) is 126 Å². The third-order valence-electron chi connectivity index (χ3n) is 7.14. The van der Waals surface area contributed by atoms with Crippen LogP contribution in [0.25, 0.3) is 5.69 Å². The van der Waals surface area contributed by atoms with E-state index in [0.717, 1.165) is 45.4 Å². The predicted octanol–water partition coefficient (Wildman–Crippen LogP) is 6.99. The number of phenols is 1. The average molecular weight is 511 g/mol. The van der Waals surface area contributed by atoms with Crippen LogP contribution in [0.4, 0.5) is 22.9 Å². The van der Waals surface area contributed by atoms with Gasteiger partial charge in [0.25, 0.3) is 0 Å². The van der Waals surface area contributed by atoms with Crippen LogP contribution < -0.4 is 10.2 Å². The predicted molar refractivity (Wildman–Crippen MR) is 156 cm³/mol. The maximum atomic E-state index is 10.5. The van der Waals surface area contributed by atoms with Crippen molar-refractivity contribution in [2.24, 2.45) is 9.98 Å². The SMILES string of the molecule is Cc1ccc(-n2nc(C)c3c2N=C2C(Nc4ccccc4)=Nc4ccccc4N2[C@H]3c2cccc(O)c2)cc1. The fraction of sp³-hybridized carbons (Fsp3) is 0.0938. The highest BCUT2D eigenvalue weighted by atomic mass is 16.3. The summed E-state index contributed by atoms with van der Waals surface area (Å²) in [7, 11) is 0. The first-order valence-electron chi connectivity index (χ1n) is 12.9. The highest BCUT2D eigenvalue weighted by Gasteiger charge is 2.41. The van der Waals surface area contributed by atoms with Gasteiger partial charge in [0.15, 0.2) is 17.5 Å². The molecule has 5 aromatic rings. The lowest BCUT2D eigenvalue weighted by molar-refractivity contribution is 0.474. The van der Waals surface area contributed by atoms with E-state index in [2.05, 4.69) is 47.5 Å². The van der Waals surface area contributed by atoms with Gasteiger partial charge >= 0.3 is 0 Å². The topological polar surface area (TPSA) is 78.0 Å². The summed E-state index contributed by atoms with van der Waals surface area (Å²) in [6.07, 6.45) is 0. The maximum Gasteiger partial charge on any atom is 0.179 e. The Morgan fingerprint density at radius 1 is 0.795 bits per heavy atom. The van der Waals surface area contributed by atoms with Gasteiger partial charge in [-0.3, -0.25) is 0 Å². The van der Waals surface area contributed by atoms with Gasteiger partial charge in [0.05, 0.1) is 28.8 Å². The molecule has 2 N–H and O–H groups in total. The first-order chi connectivity index (χ1) is 19.1. The summed E-state index contributed by atoms with van der Waals surface area (Å²) >= 11 is 0. The van der Waals surface area contributed by atoms with Gasteiger partial charge in [-0.25, -0.2) is 14.7 Å². The Kier molecular flexibility index (Phi) is 5.30. The standard InChI is InChI=1S/C32H26N6O/c1-20-15-17-24(18-16-20)38-31-28(21(2)36-38)29(22-9-8-12-25(39)19-22)37-27-14-7-6-13-26(27)34-30(32(37)35-31)33-23-10-4-3-5-11-23/h3-19,29,39H,1-2H3,(H,33,34)/t29-/m0/s1. The Morgan fingerprint density at radius 2 is 1.56 bits per heavy atom. The molecule has 0 amide bonds. The number of aromatic hydroxyl groups is 1. The van der Waals surface area contributed by atoms with Crippen LogP contribution >= 0.6 is 0 Å². The number of fused-ring (bicyclic) bond motifs is 4. The highest BCUT2D eigenvalue weighted by Crippen LogP contribution is 2.48. The molecule has 0 spiro atoms. The summed E-state index contributed by atoms with van der Waals surface area (Å²) in [5.41, 5.74) is 7.61. The number of aryl methyl sites for hydroxylation is 2. The summed E-state index contributed by atoms with van der Waals surface area (Å²) in [5.74, 6) is 2.29. The largest absolute Gasteiger partial charge is 0.508 e. The number of aromatic nitrogens is 2. The average Bonchev–Trinajstić information content (AvgIpc) is 3.29. The fourth-order valence-corrected chi connectivity index (χ4v) is 5.33. The van der Waals surface area contributed by atoms with Gasteiger partial charge in [0.1, 0.15) is 5.75 Å². The zero-order chi connectivity index (χ0) is 26.5. The Bertz CT molecular complexity index is 1770. The van der Waals surface area contributed by atoms with E-state index in [1.165, 1.54) is 5.56 Å². The molecule has 1 aromatic heterocycles. The molecule has 1 atom stereocenters. The van der Waals surface area contributed by atoms with E-state index in [9.17, 15) is 5.11 Å². The molecule has 39 heavy (non-hydrogen) atoms. The smallest absolute Gasteiger partial charge is 0.179 e. The zero-order valence-corrected chi connectivity index (χ0v) is 21.6. The van der Waals surface area contributed by atoms with Crippen LogP contribution in [0.2, 0.25) is 0 Å². The number of hydrogen-bond donors (Lipinski definition) is 2. The van der Waals surface area contributed by atoms with Crippen molar-refractivity contribution >= 4 is 34.6 Å². The number of amidine groups is 2. The number of aliphatic imine (C=N–C) groups is 2. The first-order valence-corrected chi connectivity index (χ1v) is 12.9. The van der Waals surface area contributed by atoms with Crippen LogP contribution in [0.5, 0.6) is 5.75 Å². The monoisotopic (exact) mass is 510 g/mol. The molecule has 190 valence electrons. The van der Waals surface area contributed by atoms with Crippen LogP contribution in [0.3, 0.4) is 0 Å². The van der Waals surface area contributed by atoms with E-state index in [0.29, 0.717) is 11.7 Å². The van der Waals surface area contributed by atoms with E-state index >= 15 is 0 Å². The molecular weight excluding hydrogens is 484 g/mol. The normalized spacial score (nSPS) is 15.5. The Balaban J connectivity index is 1.51. The van der Waals surface area contributed by atoms with E-state index in [4.69, 9.17) is 15.1 Å². The zero-order valence-electron chi connectivity index (χ0n) is 21.6. The summed E-state index contributed by atoms with van der Waals surface area (Å²) < 4.78 is 1.91. The molecule has 0 saturated heterocycles. The van der Waals surface area contributed by atoms with Gasteiger partial charge in [-0.2, -0.15) is 5.10 Å². The first kappa shape index (κ1) is 23.0. The minimum Gasteiger partial charge on any atom is -0.508 e. The second-order valence-electron chi connectivity index (χ2n) is 9.81. The lowest BCUT2D eigenvalue weighted by Gasteiger charge is -2.40. The quantitative estimate of drug-likeness (QED) is 0.274. The van der Waals surface area contributed by atoms with Crippen LogP contribution in [0.1, 0.15) is 28.4 Å². The van der Waals surface area contributed by atoms with Crippen molar-refractivity contribution in [1.29, 1.82) is 0 Å². The molecule has 2 aliphatic heterocycles. The van der Waals surface area contributed by atoms with Crippen LogP contribution in [-0.4, -0.2) is 26.6 Å². The van der Waals surface area contributed by atoms with Gasteiger partial charge in [-0.05, 0) is 67.9 Å². The molecule has 0 unspecified atom stereocenters. The number of rotatable bonds is 3. The second kappa shape index (κ2) is 8.99. The van der Waals surface area contributed by atoms with Crippen molar-refractivity contribution < 1.29 is 5.11 Å². The summed E-state index contributed by atoms with van der Waals surface area (Å²) in [4.78, 5) is 12.5. The van der Waals surface area contributed by atoms with E-state index in [1.54, 1.807) is 6.07 Å². The van der Waals surface area contributed by atoms with Crippen LogP contribution in [0.15, 0.2) is 113 Å². The van der Waals surface area contributed by atoms with Gasteiger partial charge in [0, 0.05) is 11.3 Å². The summed E-state index contributed by atoms with van der Waals surface area (Å²) in [5, 5.41) is 19.0. The third-order valence-corrected chi connectivity index (χ3v) is 7.14.